The van der Waals surface area contributed by atoms with E-state index in [0.717, 1.165) is 38.9 Å². The monoisotopic (exact) mass is 425 g/mol. The maximum absolute atomic E-state index is 13.2. The van der Waals surface area contributed by atoms with E-state index in [9.17, 15) is 9.59 Å². The Morgan fingerprint density at radius 1 is 1.03 bits per heavy atom. The Labute approximate surface area is 185 Å². The van der Waals surface area contributed by atoms with E-state index in [1.807, 2.05) is 35.2 Å². The van der Waals surface area contributed by atoms with Crippen LogP contribution >= 0.6 is 0 Å². The Balaban J connectivity index is 1.40. The molecule has 0 aliphatic carbocycles. The molecule has 0 atom stereocenters. The Hall–Kier alpha value is -3.93. The van der Waals surface area contributed by atoms with Gasteiger partial charge in [0.15, 0.2) is 0 Å². The molecule has 32 heavy (non-hydrogen) atoms. The maximum Gasteiger partial charge on any atom is 0.254 e. The summed E-state index contributed by atoms with van der Waals surface area (Å²) in [4.78, 5) is 26.3. The van der Waals surface area contributed by atoms with E-state index in [1.165, 1.54) is 0 Å². The molecule has 2 heterocycles. The minimum Gasteiger partial charge on any atom is -0.491 e. The SMILES string of the molecule is CC(=O)Cc1ccc(C(=O)N2CCOc3ccc(-c4ccc5cn[nH]c5c4)cc3C2)cc1. The molecule has 0 spiro atoms. The second-order valence-corrected chi connectivity index (χ2v) is 8.15. The number of carbonyl (C=O) groups is 2. The number of nitrogens with zero attached hydrogens (tertiary/aromatic N) is 2. The largest absolute Gasteiger partial charge is 0.491 e. The number of fused-ring (bicyclic) bond motifs is 2. The zero-order valence-electron chi connectivity index (χ0n) is 17.8. The quantitative estimate of drug-likeness (QED) is 0.526. The molecule has 0 saturated carbocycles. The normalized spacial score (nSPS) is 13.3. The molecule has 5 rings (SSSR count). The first-order chi connectivity index (χ1) is 15.6. The second-order valence-electron chi connectivity index (χ2n) is 8.15. The highest BCUT2D eigenvalue weighted by Crippen LogP contribution is 2.31. The van der Waals surface area contributed by atoms with Crippen molar-refractivity contribution in [2.75, 3.05) is 13.2 Å². The summed E-state index contributed by atoms with van der Waals surface area (Å²) in [6.07, 6.45) is 2.19. The third-order valence-electron chi connectivity index (χ3n) is 5.76. The number of ketones is 1. The fourth-order valence-corrected chi connectivity index (χ4v) is 4.10. The van der Waals surface area contributed by atoms with E-state index in [-0.39, 0.29) is 11.7 Å². The summed E-state index contributed by atoms with van der Waals surface area (Å²) in [5.41, 5.74) is 5.63. The number of nitrogens with one attached hydrogen (secondary N) is 1. The van der Waals surface area contributed by atoms with Gasteiger partial charge in [0, 0.05) is 29.5 Å². The number of aromatic amines is 1. The summed E-state index contributed by atoms with van der Waals surface area (Å²) >= 11 is 0. The molecule has 160 valence electrons. The van der Waals surface area contributed by atoms with Crippen LogP contribution in [-0.4, -0.2) is 39.9 Å². The second kappa shape index (κ2) is 8.30. The number of hydrogen-bond donors (Lipinski definition) is 1. The Morgan fingerprint density at radius 2 is 1.81 bits per heavy atom. The van der Waals surface area contributed by atoms with E-state index < -0.39 is 0 Å². The molecule has 1 N–H and O–H groups in total. The number of amides is 1. The first kappa shape index (κ1) is 20.0. The molecule has 4 aromatic rings. The van der Waals surface area contributed by atoms with Crippen LogP contribution in [0.3, 0.4) is 0 Å². The molecule has 0 unspecified atom stereocenters. The number of benzene rings is 3. The van der Waals surface area contributed by atoms with Gasteiger partial charge in [0.1, 0.15) is 18.1 Å². The van der Waals surface area contributed by atoms with Crippen molar-refractivity contribution >= 4 is 22.6 Å². The van der Waals surface area contributed by atoms with E-state index in [4.69, 9.17) is 4.74 Å². The molecule has 1 aromatic heterocycles. The number of carbonyl (C=O) groups excluding carboxylic acids is 2. The number of H-pyrrole nitrogens is 1. The van der Waals surface area contributed by atoms with Crippen LogP contribution in [-0.2, 0) is 17.8 Å². The molecular formula is C26H23N3O3. The van der Waals surface area contributed by atoms with Crippen molar-refractivity contribution in [3.8, 4) is 16.9 Å². The molecule has 0 fully saturated rings. The summed E-state index contributed by atoms with van der Waals surface area (Å²) < 4.78 is 5.93. The molecule has 1 aliphatic heterocycles. The van der Waals surface area contributed by atoms with Gasteiger partial charge in [-0.05, 0) is 53.9 Å². The maximum atomic E-state index is 13.2. The van der Waals surface area contributed by atoms with Gasteiger partial charge in [-0.15, -0.1) is 0 Å². The zero-order valence-corrected chi connectivity index (χ0v) is 17.8. The van der Waals surface area contributed by atoms with Crippen LogP contribution < -0.4 is 4.74 Å². The van der Waals surface area contributed by atoms with Crippen LogP contribution in [0.1, 0.15) is 28.4 Å². The number of aromatic nitrogens is 2. The Bertz CT molecular complexity index is 1310. The van der Waals surface area contributed by atoms with Gasteiger partial charge in [0.25, 0.3) is 5.91 Å². The number of ether oxygens (including phenoxy) is 1. The van der Waals surface area contributed by atoms with Crippen LogP contribution in [0.15, 0.2) is 66.9 Å². The molecule has 0 bridgehead atoms. The standard InChI is InChI=1S/C26H23N3O3/c1-17(30)12-18-2-4-19(5-3-18)26(31)29-10-11-32-25-9-8-20(13-23(25)16-29)21-6-7-22-15-27-28-24(22)14-21/h2-9,13-15H,10-12,16H2,1H3,(H,27,28). The molecule has 6 heteroatoms. The van der Waals surface area contributed by atoms with Crippen molar-refractivity contribution in [3.63, 3.8) is 0 Å². The topological polar surface area (TPSA) is 75.3 Å². The molecular weight excluding hydrogens is 402 g/mol. The highest BCUT2D eigenvalue weighted by Gasteiger charge is 2.21. The van der Waals surface area contributed by atoms with E-state index in [1.54, 1.807) is 25.3 Å². The van der Waals surface area contributed by atoms with Gasteiger partial charge in [-0.1, -0.05) is 30.3 Å². The van der Waals surface area contributed by atoms with Gasteiger partial charge in [0.05, 0.1) is 18.3 Å². The Kier molecular flexibility index (Phi) is 5.19. The minimum absolute atomic E-state index is 0.0416. The average molecular weight is 425 g/mol. The van der Waals surface area contributed by atoms with Gasteiger partial charge in [-0.3, -0.25) is 14.7 Å². The first-order valence-corrected chi connectivity index (χ1v) is 10.6. The fraction of sp³-hybridized carbons (Fsp3) is 0.192. The Morgan fingerprint density at radius 3 is 2.62 bits per heavy atom. The number of rotatable bonds is 4. The van der Waals surface area contributed by atoms with Crippen molar-refractivity contribution < 1.29 is 14.3 Å². The average Bonchev–Trinajstić information content (AvgIpc) is 3.16. The molecule has 0 radical (unpaired) electrons. The molecule has 6 nitrogen and oxygen atoms in total. The van der Waals surface area contributed by atoms with E-state index in [2.05, 4.69) is 28.4 Å². The minimum atomic E-state index is -0.0416. The van der Waals surface area contributed by atoms with Crippen molar-refractivity contribution in [2.24, 2.45) is 0 Å². The first-order valence-electron chi connectivity index (χ1n) is 10.6. The summed E-state index contributed by atoms with van der Waals surface area (Å²) in [6.45, 7) is 3.00. The van der Waals surface area contributed by atoms with Gasteiger partial charge in [-0.25, -0.2) is 0 Å². The van der Waals surface area contributed by atoms with Crippen LogP contribution in [0.2, 0.25) is 0 Å². The smallest absolute Gasteiger partial charge is 0.254 e. The van der Waals surface area contributed by atoms with Crippen molar-refractivity contribution in [1.29, 1.82) is 0 Å². The van der Waals surface area contributed by atoms with Crippen molar-refractivity contribution in [3.05, 3.63) is 83.6 Å². The highest BCUT2D eigenvalue weighted by molar-refractivity contribution is 5.94. The highest BCUT2D eigenvalue weighted by atomic mass is 16.5. The van der Waals surface area contributed by atoms with Gasteiger partial charge >= 0.3 is 0 Å². The van der Waals surface area contributed by atoms with Gasteiger partial charge < -0.3 is 9.64 Å². The van der Waals surface area contributed by atoms with Crippen molar-refractivity contribution in [1.82, 2.24) is 15.1 Å². The van der Waals surface area contributed by atoms with Crippen LogP contribution in [0.4, 0.5) is 0 Å². The number of Topliss-reactive ketones (excluding diaryl/α,β-unsaturated/α-hetero) is 1. The van der Waals surface area contributed by atoms with E-state index >= 15 is 0 Å². The third kappa shape index (κ3) is 3.99. The lowest BCUT2D eigenvalue weighted by Crippen LogP contribution is -2.32. The molecule has 0 saturated heterocycles. The van der Waals surface area contributed by atoms with Crippen molar-refractivity contribution in [2.45, 2.75) is 19.9 Å². The summed E-state index contributed by atoms with van der Waals surface area (Å²) in [6, 6.07) is 19.6. The zero-order chi connectivity index (χ0) is 22.1. The molecule has 3 aromatic carbocycles. The number of hydrogen-bond acceptors (Lipinski definition) is 4. The lowest BCUT2D eigenvalue weighted by atomic mass is 10.0. The lowest BCUT2D eigenvalue weighted by molar-refractivity contribution is -0.116. The van der Waals surface area contributed by atoms with Gasteiger partial charge in [-0.2, -0.15) is 5.10 Å². The predicted molar refractivity (Wildman–Crippen MR) is 123 cm³/mol. The van der Waals surface area contributed by atoms with Crippen LogP contribution in [0.25, 0.3) is 22.0 Å². The summed E-state index contributed by atoms with van der Waals surface area (Å²) in [5, 5.41) is 8.17. The molecule has 1 aliphatic rings. The van der Waals surface area contributed by atoms with E-state index in [0.29, 0.717) is 31.7 Å². The van der Waals surface area contributed by atoms with Gasteiger partial charge in [0.2, 0.25) is 0 Å². The van der Waals surface area contributed by atoms with Crippen LogP contribution in [0, 0.1) is 0 Å². The predicted octanol–water partition coefficient (Wildman–Crippen LogP) is 4.40. The lowest BCUT2D eigenvalue weighted by Gasteiger charge is -2.20. The summed E-state index contributed by atoms with van der Waals surface area (Å²) in [5.74, 6) is 0.872. The third-order valence-corrected chi connectivity index (χ3v) is 5.76. The summed E-state index contributed by atoms with van der Waals surface area (Å²) in [7, 11) is 0. The fourth-order valence-electron chi connectivity index (χ4n) is 4.10. The van der Waals surface area contributed by atoms with Crippen LogP contribution in [0.5, 0.6) is 5.75 Å². The molecule has 1 amide bonds.